The molecule has 0 fully saturated rings. The highest BCUT2D eigenvalue weighted by Gasteiger charge is 2.95. The number of methoxy groups -OCH3 is 1. The van der Waals surface area contributed by atoms with Gasteiger partial charge in [0.2, 0.25) is 5.89 Å². The SMILES string of the molecule is COc1ccc(-c2nc(C(=O)OCCCC(F)(F)C(F)(F)C(F)(F)C(F)(F)C(F)(F)C(F)(F)C(F)(F)C(F)(F)F)c(-c3ccccc3)o2)cc1. The Bertz CT molecular complexity index is 1640. The number of alkyl halides is 17. The lowest BCUT2D eigenvalue weighted by molar-refractivity contribution is -0.461. The predicted octanol–water partition coefficient (Wildman–Crippen LogP) is 9.96. The molecule has 0 spiro atoms. The Morgan fingerprint density at radius 2 is 1.12 bits per heavy atom. The molecule has 0 atom stereocenters. The van der Waals surface area contributed by atoms with Gasteiger partial charge in [-0.1, -0.05) is 30.3 Å². The summed E-state index contributed by atoms with van der Waals surface area (Å²) in [5.41, 5.74) is -0.243. The molecule has 22 heteroatoms. The second kappa shape index (κ2) is 13.1. The van der Waals surface area contributed by atoms with Gasteiger partial charge < -0.3 is 13.9 Å². The quantitative estimate of drug-likeness (QED) is 0.0932. The molecule has 0 aliphatic rings. The molecular weight excluding hydrogens is 737 g/mol. The van der Waals surface area contributed by atoms with E-state index < -0.39 is 78.7 Å². The van der Waals surface area contributed by atoms with Crippen LogP contribution >= 0.6 is 0 Å². The number of nitrogens with zero attached hydrogens (tertiary/aromatic N) is 1. The lowest BCUT2D eigenvalue weighted by Crippen LogP contribution is -2.74. The number of carbonyl (C=O) groups excluding carboxylic acids is 1. The van der Waals surface area contributed by atoms with E-state index in [1.54, 1.807) is 6.07 Å². The molecule has 0 aliphatic heterocycles. The summed E-state index contributed by atoms with van der Waals surface area (Å²) in [6, 6.07) is 13.1. The number of hydrogen-bond donors (Lipinski definition) is 0. The highest BCUT2D eigenvalue weighted by molar-refractivity contribution is 5.94. The van der Waals surface area contributed by atoms with Crippen LogP contribution in [0.3, 0.4) is 0 Å². The highest BCUT2D eigenvalue weighted by atomic mass is 19.4. The number of halogens is 17. The fraction of sp³-hybridized carbons (Fsp3) is 0.429. The summed E-state index contributed by atoms with van der Waals surface area (Å²) in [5, 5.41) is 0. The van der Waals surface area contributed by atoms with Crippen molar-refractivity contribution in [1.82, 2.24) is 4.98 Å². The number of hydrogen-bond acceptors (Lipinski definition) is 5. The third-order valence-electron chi connectivity index (χ3n) is 6.85. The van der Waals surface area contributed by atoms with Crippen molar-refractivity contribution in [3.63, 3.8) is 0 Å². The molecule has 0 amide bonds. The van der Waals surface area contributed by atoms with Gasteiger partial charge in [-0.3, -0.25) is 0 Å². The number of carbonyl (C=O) groups is 1. The first-order chi connectivity index (χ1) is 22.6. The molecule has 5 nitrogen and oxygen atoms in total. The minimum Gasteiger partial charge on any atom is -0.497 e. The number of aromatic nitrogens is 1. The average Bonchev–Trinajstić information content (AvgIpc) is 3.48. The average molecular weight is 755 g/mol. The lowest BCUT2D eigenvalue weighted by Gasteiger charge is -2.42. The highest BCUT2D eigenvalue weighted by Crippen LogP contribution is 2.64. The zero-order valence-electron chi connectivity index (χ0n) is 24.3. The minimum absolute atomic E-state index is 0.177. The van der Waals surface area contributed by atoms with Crippen LogP contribution in [0, 0.1) is 0 Å². The van der Waals surface area contributed by atoms with Gasteiger partial charge in [-0.2, -0.15) is 74.6 Å². The molecule has 0 bridgehead atoms. The molecule has 3 rings (SSSR count). The normalized spacial score (nSPS) is 14.1. The minimum atomic E-state index is -8.71. The summed E-state index contributed by atoms with van der Waals surface area (Å²) in [6.45, 7) is -1.43. The number of rotatable bonds is 14. The van der Waals surface area contributed by atoms with Crippen molar-refractivity contribution in [2.75, 3.05) is 13.7 Å². The Labute approximate surface area is 268 Å². The topological polar surface area (TPSA) is 61.6 Å². The molecule has 50 heavy (non-hydrogen) atoms. The van der Waals surface area contributed by atoms with E-state index in [-0.39, 0.29) is 22.8 Å². The number of oxazole rings is 1. The van der Waals surface area contributed by atoms with Gasteiger partial charge in [-0.25, -0.2) is 9.78 Å². The zero-order chi connectivity index (χ0) is 38.4. The van der Waals surface area contributed by atoms with E-state index >= 15 is 0 Å². The van der Waals surface area contributed by atoms with Crippen LogP contribution in [0.1, 0.15) is 23.3 Å². The first-order valence-corrected chi connectivity index (χ1v) is 13.2. The van der Waals surface area contributed by atoms with Crippen molar-refractivity contribution >= 4 is 5.97 Å². The Hall–Kier alpha value is -4.27. The second-order valence-corrected chi connectivity index (χ2v) is 10.2. The maximum absolute atomic E-state index is 14.2. The zero-order valence-corrected chi connectivity index (χ0v) is 24.3. The number of esters is 1. The van der Waals surface area contributed by atoms with Gasteiger partial charge in [0.15, 0.2) is 11.5 Å². The molecule has 0 N–H and O–H groups in total. The van der Waals surface area contributed by atoms with Gasteiger partial charge in [0.05, 0.1) is 13.7 Å². The summed E-state index contributed by atoms with van der Waals surface area (Å²) in [7, 11) is 1.35. The molecular formula is C28H18F17NO4. The van der Waals surface area contributed by atoms with Crippen LogP contribution in [0.4, 0.5) is 74.6 Å². The number of ether oxygens (including phenoxy) is 2. The van der Waals surface area contributed by atoms with E-state index in [0.717, 1.165) is 0 Å². The smallest absolute Gasteiger partial charge is 0.460 e. The molecule has 1 heterocycles. The van der Waals surface area contributed by atoms with Crippen molar-refractivity contribution in [2.45, 2.75) is 60.5 Å². The van der Waals surface area contributed by atoms with Gasteiger partial charge in [0, 0.05) is 17.5 Å². The summed E-state index contributed by atoms with van der Waals surface area (Å²) >= 11 is 0. The molecule has 0 unspecified atom stereocenters. The maximum Gasteiger partial charge on any atom is 0.460 e. The monoisotopic (exact) mass is 755 g/mol. The van der Waals surface area contributed by atoms with E-state index in [4.69, 9.17) is 9.15 Å². The maximum atomic E-state index is 14.2. The Morgan fingerprint density at radius 3 is 1.60 bits per heavy atom. The van der Waals surface area contributed by atoms with Crippen molar-refractivity contribution in [2.24, 2.45) is 0 Å². The van der Waals surface area contributed by atoms with Crippen molar-refractivity contribution in [1.29, 1.82) is 0 Å². The molecule has 0 aliphatic carbocycles. The van der Waals surface area contributed by atoms with Crippen molar-refractivity contribution in [3.8, 4) is 28.5 Å². The fourth-order valence-electron chi connectivity index (χ4n) is 3.98. The Kier molecular flexibility index (Phi) is 10.5. The molecule has 0 saturated carbocycles. The van der Waals surface area contributed by atoms with Gasteiger partial charge in [-0.15, -0.1) is 0 Å². The van der Waals surface area contributed by atoms with Crippen LogP contribution in [0.15, 0.2) is 59.0 Å². The Morgan fingerprint density at radius 1 is 0.640 bits per heavy atom. The molecule has 1 aromatic heterocycles. The first kappa shape index (κ1) is 40.2. The van der Waals surface area contributed by atoms with Gasteiger partial charge in [0.1, 0.15) is 5.75 Å². The molecule has 0 saturated heterocycles. The first-order valence-electron chi connectivity index (χ1n) is 13.2. The van der Waals surface area contributed by atoms with E-state index in [0.29, 0.717) is 5.75 Å². The van der Waals surface area contributed by atoms with Crippen molar-refractivity contribution in [3.05, 3.63) is 60.3 Å². The van der Waals surface area contributed by atoms with E-state index in [1.807, 2.05) is 0 Å². The lowest BCUT2D eigenvalue weighted by atomic mass is 9.88. The third-order valence-corrected chi connectivity index (χ3v) is 6.85. The fourth-order valence-corrected chi connectivity index (χ4v) is 3.98. The largest absolute Gasteiger partial charge is 0.497 e. The van der Waals surface area contributed by atoms with Crippen LogP contribution in [0.5, 0.6) is 5.75 Å². The molecule has 278 valence electrons. The standard InChI is InChI=1S/C28H18F17NO4/c1-48-16-10-8-15(9-11-16)19-46-17(18(50-19)14-6-3-2-4-7-14)20(47)49-13-5-12-21(29,30)22(31,32)23(33,34)24(35,36)25(37,38)26(39,40)27(41,42)28(43,44)45/h2-4,6-11H,5,12-13H2,1H3. The number of benzene rings is 2. The van der Waals surface area contributed by atoms with Crippen LogP contribution in [0.2, 0.25) is 0 Å². The third kappa shape index (κ3) is 6.51. The van der Waals surface area contributed by atoms with Crippen molar-refractivity contribution < 1.29 is 93.3 Å². The Balaban J connectivity index is 1.82. The van der Waals surface area contributed by atoms with Crippen LogP contribution < -0.4 is 4.74 Å². The summed E-state index contributed by atoms with van der Waals surface area (Å²) in [4.78, 5) is 16.7. The van der Waals surface area contributed by atoms with Crippen LogP contribution in [-0.4, -0.2) is 72.3 Å². The summed E-state index contributed by atoms with van der Waals surface area (Å²) in [5.74, 6) is -58.7. The van der Waals surface area contributed by atoms with Crippen LogP contribution in [-0.2, 0) is 4.74 Å². The predicted molar refractivity (Wildman–Crippen MR) is 134 cm³/mol. The van der Waals surface area contributed by atoms with E-state index in [9.17, 15) is 79.4 Å². The van der Waals surface area contributed by atoms with Crippen LogP contribution in [0.25, 0.3) is 22.8 Å². The summed E-state index contributed by atoms with van der Waals surface area (Å²) in [6.07, 6.45) is -12.3. The molecule has 3 aromatic rings. The van der Waals surface area contributed by atoms with Gasteiger partial charge >= 0.3 is 53.6 Å². The van der Waals surface area contributed by atoms with E-state index in [2.05, 4.69) is 9.72 Å². The second-order valence-electron chi connectivity index (χ2n) is 10.2. The van der Waals surface area contributed by atoms with E-state index in [1.165, 1.54) is 55.6 Å². The van der Waals surface area contributed by atoms with Gasteiger partial charge in [0.25, 0.3) is 0 Å². The molecule has 2 aromatic carbocycles. The summed E-state index contributed by atoms with van der Waals surface area (Å²) < 4.78 is 244. The molecule has 0 radical (unpaired) electrons. The van der Waals surface area contributed by atoms with Gasteiger partial charge in [-0.05, 0) is 30.7 Å².